The fraction of sp³-hybridized carbons (Fsp3) is 0.867. The van der Waals surface area contributed by atoms with Gasteiger partial charge in [-0.25, -0.2) is 0 Å². The van der Waals surface area contributed by atoms with Crippen LogP contribution in [0.15, 0.2) is 0 Å². The third-order valence-electron chi connectivity index (χ3n) is 4.89. The molecule has 1 saturated carbocycles. The maximum Gasteiger partial charge on any atom is 0.307 e. The molecule has 0 aromatic rings. The molecule has 0 radical (unpaired) electrons. The van der Waals surface area contributed by atoms with Crippen molar-refractivity contribution >= 4 is 11.9 Å². The van der Waals surface area contributed by atoms with Gasteiger partial charge < -0.3 is 15.3 Å². The van der Waals surface area contributed by atoms with Gasteiger partial charge in [0, 0.05) is 6.54 Å². The third-order valence-corrected chi connectivity index (χ3v) is 4.89. The molecule has 0 aromatic carbocycles. The van der Waals surface area contributed by atoms with E-state index in [0.29, 0.717) is 18.9 Å². The molecule has 0 spiro atoms. The fourth-order valence-corrected chi connectivity index (χ4v) is 3.45. The summed E-state index contributed by atoms with van der Waals surface area (Å²) in [6, 6.07) is 0. The van der Waals surface area contributed by atoms with Crippen LogP contribution in [0.3, 0.4) is 0 Å². The molecule has 2 fully saturated rings. The van der Waals surface area contributed by atoms with E-state index in [1.165, 1.54) is 0 Å². The normalized spacial score (nSPS) is 28.4. The molecule has 1 aliphatic carbocycles. The topological polar surface area (TPSA) is 69.6 Å². The van der Waals surface area contributed by atoms with Gasteiger partial charge in [-0.05, 0) is 51.2 Å². The first-order valence-electron chi connectivity index (χ1n) is 7.84. The van der Waals surface area contributed by atoms with Crippen LogP contribution in [0.2, 0.25) is 0 Å². The molecule has 2 rings (SSSR count). The molecular formula is C15H26N2O3. The number of carbonyl (C=O) groups is 2. The molecule has 0 bridgehead atoms. The van der Waals surface area contributed by atoms with Crippen LogP contribution in [0, 0.1) is 17.8 Å². The van der Waals surface area contributed by atoms with Gasteiger partial charge in [0.05, 0.1) is 11.8 Å². The van der Waals surface area contributed by atoms with Crippen molar-refractivity contribution in [2.24, 2.45) is 17.8 Å². The lowest BCUT2D eigenvalue weighted by Crippen LogP contribution is -2.41. The predicted octanol–water partition coefficient (Wildman–Crippen LogP) is 1.34. The Labute approximate surface area is 120 Å². The maximum atomic E-state index is 12.1. The van der Waals surface area contributed by atoms with Crippen LogP contribution in [0.4, 0.5) is 0 Å². The van der Waals surface area contributed by atoms with E-state index in [9.17, 15) is 9.59 Å². The minimum atomic E-state index is -0.820. The zero-order valence-electron chi connectivity index (χ0n) is 12.3. The monoisotopic (exact) mass is 282 g/mol. The van der Waals surface area contributed by atoms with E-state index < -0.39 is 11.9 Å². The van der Waals surface area contributed by atoms with Gasteiger partial charge in [-0.1, -0.05) is 13.3 Å². The molecule has 1 heterocycles. The molecule has 0 aromatic heterocycles. The minimum absolute atomic E-state index is 0.0483. The lowest BCUT2D eigenvalue weighted by atomic mass is 9.93. The molecule has 114 valence electrons. The van der Waals surface area contributed by atoms with E-state index in [0.717, 1.165) is 45.3 Å². The summed E-state index contributed by atoms with van der Waals surface area (Å²) in [6.45, 7) is 6.20. The molecule has 1 aliphatic heterocycles. The Morgan fingerprint density at radius 3 is 2.40 bits per heavy atom. The van der Waals surface area contributed by atoms with Crippen molar-refractivity contribution in [2.75, 3.05) is 26.2 Å². The summed E-state index contributed by atoms with van der Waals surface area (Å²) >= 11 is 0. The second-order valence-electron chi connectivity index (χ2n) is 6.10. The lowest BCUT2D eigenvalue weighted by molar-refractivity contribution is -0.146. The zero-order valence-corrected chi connectivity index (χ0v) is 12.3. The molecular weight excluding hydrogens is 256 g/mol. The summed E-state index contributed by atoms with van der Waals surface area (Å²) in [7, 11) is 0. The standard InChI is InChI=1S/C15H26N2O3/c1-2-17-8-6-11(7-9-17)10-16-14(18)12-4-3-5-13(12)15(19)20/h11-13H,2-10H2,1H3,(H,16,18)(H,19,20)/t12-,13+/m1/s1. The summed E-state index contributed by atoms with van der Waals surface area (Å²) in [4.78, 5) is 25.7. The Balaban J connectivity index is 1.74. The maximum absolute atomic E-state index is 12.1. The average molecular weight is 282 g/mol. The summed E-state index contributed by atoms with van der Waals surface area (Å²) in [6.07, 6.45) is 4.46. The minimum Gasteiger partial charge on any atom is -0.481 e. The molecule has 2 atom stereocenters. The highest BCUT2D eigenvalue weighted by Crippen LogP contribution is 2.32. The third kappa shape index (κ3) is 3.72. The second kappa shape index (κ2) is 7.07. The van der Waals surface area contributed by atoms with Crippen LogP contribution in [0.1, 0.15) is 39.0 Å². The Morgan fingerprint density at radius 2 is 1.80 bits per heavy atom. The van der Waals surface area contributed by atoms with Crippen LogP contribution in [-0.2, 0) is 9.59 Å². The number of rotatable bonds is 5. The van der Waals surface area contributed by atoms with E-state index >= 15 is 0 Å². The van der Waals surface area contributed by atoms with Crippen molar-refractivity contribution in [3.8, 4) is 0 Å². The molecule has 1 amide bonds. The van der Waals surface area contributed by atoms with Crippen molar-refractivity contribution in [3.63, 3.8) is 0 Å². The van der Waals surface area contributed by atoms with Crippen LogP contribution in [-0.4, -0.2) is 48.1 Å². The van der Waals surface area contributed by atoms with E-state index in [1.54, 1.807) is 0 Å². The van der Waals surface area contributed by atoms with Crippen LogP contribution >= 0.6 is 0 Å². The van der Waals surface area contributed by atoms with Gasteiger partial charge in [-0.15, -0.1) is 0 Å². The lowest BCUT2D eigenvalue weighted by Gasteiger charge is -2.31. The predicted molar refractivity (Wildman–Crippen MR) is 76.3 cm³/mol. The van der Waals surface area contributed by atoms with Crippen LogP contribution in [0.5, 0.6) is 0 Å². The number of aliphatic carboxylic acids is 1. The Kier molecular flexibility index (Phi) is 5.40. The molecule has 1 saturated heterocycles. The molecule has 20 heavy (non-hydrogen) atoms. The number of nitrogens with one attached hydrogen (secondary N) is 1. The van der Waals surface area contributed by atoms with Gasteiger partial charge in [0.25, 0.3) is 0 Å². The van der Waals surface area contributed by atoms with Gasteiger partial charge >= 0.3 is 5.97 Å². The van der Waals surface area contributed by atoms with E-state index in [2.05, 4.69) is 17.1 Å². The van der Waals surface area contributed by atoms with Gasteiger partial charge in [0.15, 0.2) is 0 Å². The van der Waals surface area contributed by atoms with Gasteiger partial charge in [-0.2, -0.15) is 0 Å². The fourth-order valence-electron chi connectivity index (χ4n) is 3.45. The first kappa shape index (κ1) is 15.3. The van der Waals surface area contributed by atoms with Crippen molar-refractivity contribution in [2.45, 2.75) is 39.0 Å². The van der Waals surface area contributed by atoms with Gasteiger partial charge in [-0.3, -0.25) is 9.59 Å². The SMILES string of the molecule is CCN1CCC(CNC(=O)[C@@H]2CCC[C@@H]2C(=O)O)CC1. The van der Waals surface area contributed by atoms with Crippen molar-refractivity contribution in [1.82, 2.24) is 10.2 Å². The van der Waals surface area contributed by atoms with Crippen LogP contribution < -0.4 is 5.32 Å². The zero-order chi connectivity index (χ0) is 14.5. The summed E-state index contributed by atoms with van der Waals surface area (Å²) < 4.78 is 0. The summed E-state index contributed by atoms with van der Waals surface area (Å²) in [5.41, 5.74) is 0. The largest absolute Gasteiger partial charge is 0.481 e. The second-order valence-corrected chi connectivity index (χ2v) is 6.10. The van der Waals surface area contributed by atoms with E-state index in [1.807, 2.05) is 0 Å². The Hall–Kier alpha value is -1.10. The van der Waals surface area contributed by atoms with Crippen molar-refractivity contribution in [1.29, 1.82) is 0 Å². The smallest absolute Gasteiger partial charge is 0.307 e. The highest BCUT2D eigenvalue weighted by atomic mass is 16.4. The number of hydrogen-bond donors (Lipinski definition) is 2. The Bertz CT molecular complexity index is 351. The number of nitrogens with zero attached hydrogens (tertiary/aromatic N) is 1. The molecule has 5 heteroatoms. The highest BCUT2D eigenvalue weighted by Gasteiger charge is 2.37. The molecule has 5 nitrogen and oxygen atoms in total. The molecule has 2 N–H and O–H groups in total. The van der Waals surface area contributed by atoms with Crippen molar-refractivity contribution < 1.29 is 14.7 Å². The summed E-state index contributed by atoms with van der Waals surface area (Å²) in [5, 5.41) is 12.1. The first-order chi connectivity index (χ1) is 9.61. The first-order valence-corrected chi connectivity index (χ1v) is 7.84. The number of piperidine rings is 1. The average Bonchev–Trinajstić information content (AvgIpc) is 2.95. The van der Waals surface area contributed by atoms with E-state index in [-0.39, 0.29) is 11.8 Å². The number of carbonyl (C=O) groups excluding carboxylic acids is 1. The Morgan fingerprint density at radius 1 is 1.15 bits per heavy atom. The highest BCUT2D eigenvalue weighted by molar-refractivity contribution is 5.85. The number of hydrogen-bond acceptors (Lipinski definition) is 3. The number of likely N-dealkylation sites (tertiary alicyclic amines) is 1. The van der Waals surface area contributed by atoms with Crippen LogP contribution in [0.25, 0.3) is 0 Å². The van der Waals surface area contributed by atoms with E-state index in [4.69, 9.17) is 5.11 Å². The summed E-state index contributed by atoms with van der Waals surface area (Å²) in [5.74, 6) is -1.11. The van der Waals surface area contributed by atoms with Crippen molar-refractivity contribution in [3.05, 3.63) is 0 Å². The number of carboxylic acids is 1. The molecule has 0 unspecified atom stereocenters. The molecule has 2 aliphatic rings. The number of amides is 1. The van der Waals surface area contributed by atoms with Gasteiger partial charge in [0.2, 0.25) is 5.91 Å². The quantitative estimate of drug-likeness (QED) is 0.798. The number of carboxylic acid groups (broad SMARTS) is 1. The van der Waals surface area contributed by atoms with Gasteiger partial charge in [0.1, 0.15) is 0 Å².